The van der Waals surface area contributed by atoms with E-state index >= 15 is 0 Å². The number of pyridine rings is 1. The summed E-state index contributed by atoms with van der Waals surface area (Å²) in [4.78, 5) is 19.2. The number of alkyl halides is 3. The fourth-order valence-electron chi connectivity index (χ4n) is 6.43. The van der Waals surface area contributed by atoms with Gasteiger partial charge in [-0.1, -0.05) is 6.92 Å². The standard InChI is InChI=1S/C23H30F3N3O3/c1-13-18-10-17-14(9-19(23(24,25)26)28-20(17)31-2)12-29(18)21(30)22(13)6-3-16(11-22)27-15-4-7-32-8-5-15/h9,13,15-16,18,27H,3-8,10-12H2,1-2H3/t13?,16-,18?,22+/m1/s1. The molecule has 2 unspecified atom stereocenters. The molecule has 1 amide bonds. The molecule has 1 N–H and O–H groups in total. The summed E-state index contributed by atoms with van der Waals surface area (Å²) >= 11 is 0. The van der Waals surface area contributed by atoms with Crippen LogP contribution in [0.2, 0.25) is 0 Å². The van der Waals surface area contributed by atoms with Gasteiger partial charge in [0.1, 0.15) is 5.69 Å². The van der Waals surface area contributed by atoms with Crippen LogP contribution in [-0.4, -0.2) is 54.2 Å². The van der Waals surface area contributed by atoms with Gasteiger partial charge in [0, 0.05) is 43.4 Å². The van der Waals surface area contributed by atoms with Crippen LogP contribution < -0.4 is 10.1 Å². The van der Waals surface area contributed by atoms with E-state index in [1.165, 1.54) is 7.11 Å². The fraction of sp³-hybridized carbons (Fsp3) is 0.739. The number of carbonyl (C=O) groups is 1. The summed E-state index contributed by atoms with van der Waals surface area (Å²) in [6.07, 6.45) is 0.464. The normalized spacial score (nSPS) is 33.0. The predicted molar refractivity (Wildman–Crippen MR) is 110 cm³/mol. The monoisotopic (exact) mass is 453 g/mol. The van der Waals surface area contributed by atoms with E-state index in [0.29, 0.717) is 29.6 Å². The number of nitrogens with one attached hydrogen (secondary N) is 1. The van der Waals surface area contributed by atoms with E-state index in [2.05, 4.69) is 17.2 Å². The zero-order valence-corrected chi connectivity index (χ0v) is 18.5. The number of halogens is 3. The first-order valence-corrected chi connectivity index (χ1v) is 11.5. The molecule has 1 aromatic rings. The van der Waals surface area contributed by atoms with E-state index in [9.17, 15) is 18.0 Å². The van der Waals surface area contributed by atoms with Gasteiger partial charge in [-0.05, 0) is 56.1 Å². The number of carbonyl (C=O) groups excluding carboxylic acids is 1. The molecule has 3 aliphatic heterocycles. The molecule has 6 nitrogen and oxygen atoms in total. The Bertz CT molecular complexity index is 902. The molecule has 1 saturated carbocycles. The Kier molecular flexibility index (Phi) is 5.40. The molecule has 4 heterocycles. The zero-order valence-electron chi connectivity index (χ0n) is 18.5. The number of amides is 1. The predicted octanol–water partition coefficient (Wildman–Crippen LogP) is 3.32. The maximum absolute atomic E-state index is 13.7. The number of methoxy groups -OCH3 is 1. The van der Waals surface area contributed by atoms with Gasteiger partial charge in [-0.2, -0.15) is 13.2 Å². The van der Waals surface area contributed by atoms with Gasteiger partial charge in [0.15, 0.2) is 0 Å². The van der Waals surface area contributed by atoms with Gasteiger partial charge >= 0.3 is 6.18 Å². The number of hydrogen-bond acceptors (Lipinski definition) is 5. The molecule has 1 spiro atoms. The lowest BCUT2D eigenvalue weighted by atomic mass is 9.73. The van der Waals surface area contributed by atoms with E-state index in [4.69, 9.17) is 9.47 Å². The van der Waals surface area contributed by atoms with Crippen molar-refractivity contribution in [2.75, 3.05) is 20.3 Å². The molecule has 4 aliphatic rings. The van der Waals surface area contributed by atoms with Crippen LogP contribution in [0.5, 0.6) is 5.88 Å². The molecule has 4 atom stereocenters. The summed E-state index contributed by atoms with van der Waals surface area (Å²) < 4.78 is 50.7. The highest BCUT2D eigenvalue weighted by Crippen LogP contribution is 2.55. The molecule has 2 saturated heterocycles. The van der Waals surface area contributed by atoms with Crippen LogP contribution in [0.3, 0.4) is 0 Å². The van der Waals surface area contributed by atoms with E-state index in [1.807, 2.05) is 4.90 Å². The van der Waals surface area contributed by atoms with Crippen LogP contribution in [0, 0.1) is 11.3 Å². The van der Waals surface area contributed by atoms with Crippen molar-refractivity contribution < 1.29 is 27.4 Å². The molecule has 0 bridgehead atoms. The Hall–Kier alpha value is -1.87. The van der Waals surface area contributed by atoms with E-state index in [0.717, 1.165) is 51.4 Å². The lowest BCUT2D eigenvalue weighted by Crippen LogP contribution is -2.42. The topological polar surface area (TPSA) is 63.7 Å². The van der Waals surface area contributed by atoms with Gasteiger partial charge < -0.3 is 19.7 Å². The largest absolute Gasteiger partial charge is 0.481 e. The van der Waals surface area contributed by atoms with Crippen molar-refractivity contribution in [3.05, 3.63) is 22.9 Å². The van der Waals surface area contributed by atoms with Crippen molar-refractivity contribution in [1.29, 1.82) is 0 Å². The van der Waals surface area contributed by atoms with Crippen molar-refractivity contribution in [2.45, 2.75) is 76.3 Å². The van der Waals surface area contributed by atoms with Crippen molar-refractivity contribution >= 4 is 5.91 Å². The Balaban J connectivity index is 1.38. The van der Waals surface area contributed by atoms with Crippen LogP contribution in [-0.2, 0) is 28.7 Å². The molecular formula is C23H30F3N3O3. The minimum Gasteiger partial charge on any atom is -0.481 e. The molecule has 176 valence electrons. The number of fused-ring (bicyclic) bond motifs is 2. The molecule has 0 radical (unpaired) electrons. The molecule has 1 aliphatic carbocycles. The van der Waals surface area contributed by atoms with Crippen molar-refractivity contribution in [1.82, 2.24) is 15.2 Å². The van der Waals surface area contributed by atoms with Gasteiger partial charge in [0.2, 0.25) is 11.8 Å². The Morgan fingerprint density at radius 1 is 1.25 bits per heavy atom. The average molecular weight is 454 g/mol. The lowest BCUT2D eigenvalue weighted by Gasteiger charge is -2.34. The second kappa shape index (κ2) is 7.87. The summed E-state index contributed by atoms with van der Waals surface area (Å²) in [5.74, 6) is 0.249. The van der Waals surface area contributed by atoms with Crippen molar-refractivity contribution in [3.63, 3.8) is 0 Å². The van der Waals surface area contributed by atoms with E-state index < -0.39 is 17.3 Å². The third kappa shape index (κ3) is 3.48. The first kappa shape index (κ1) is 21.9. The van der Waals surface area contributed by atoms with Gasteiger partial charge in [-0.3, -0.25) is 4.79 Å². The van der Waals surface area contributed by atoms with Crippen molar-refractivity contribution in [3.8, 4) is 5.88 Å². The van der Waals surface area contributed by atoms with E-state index in [-0.39, 0.29) is 30.3 Å². The number of ether oxygens (including phenoxy) is 2. The molecule has 5 rings (SSSR count). The van der Waals surface area contributed by atoms with Crippen LogP contribution in [0.25, 0.3) is 0 Å². The zero-order chi connectivity index (χ0) is 22.7. The number of rotatable bonds is 3. The SMILES string of the molecule is COc1nc(C(F)(F)F)cc2c1CC1C(C)[C@@]3(CC[C@@H](NC4CCOCC4)C3)C(=O)N1C2. The molecule has 9 heteroatoms. The fourth-order valence-corrected chi connectivity index (χ4v) is 6.43. The third-order valence-corrected chi connectivity index (χ3v) is 8.19. The summed E-state index contributed by atoms with van der Waals surface area (Å²) in [5.41, 5.74) is -0.216. The highest BCUT2D eigenvalue weighted by molar-refractivity contribution is 5.87. The maximum atomic E-state index is 13.7. The lowest BCUT2D eigenvalue weighted by molar-refractivity contribution is -0.141. The summed E-state index contributed by atoms with van der Waals surface area (Å²) in [7, 11) is 1.35. The van der Waals surface area contributed by atoms with Gasteiger partial charge in [-0.25, -0.2) is 4.98 Å². The Morgan fingerprint density at radius 3 is 2.69 bits per heavy atom. The van der Waals surface area contributed by atoms with Crippen LogP contribution >= 0.6 is 0 Å². The average Bonchev–Trinajstić information content (AvgIpc) is 3.28. The number of aromatic nitrogens is 1. The van der Waals surface area contributed by atoms with Crippen LogP contribution in [0.4, 0.5) is 13.2 Å². The highest BCUT2D eigenvalue weighted by Gasteiger charge is 2.60. The Labute approximate surface area is 185 Å². The summed E-state index contributed by atoms with van der Waals surface area (Å²) in [5, 5.41) is 3.75. The smallest absolute Gasteiger partial charge is 0.433 e. The van der Waals surface area contributed by atoms with Crippen molar-refractivity contribution in [2.24, 2.45) is 11.3 Å². The molecule has 32 heavy (non-hydrogen) atoms. The summed E-state index contributed by atoms with van der Waals surface area (Å²) in [6.45, 7) is 3.86. The highest BCUT2D eigenvalue weighted by atomic mass is 19.4. The van der Waals surface area contributed by atoms with Gasteiger partial charge in [0.25, 0.3) is 0 Å². The quantitative estimate of drug-likeness (QED) is 0.761. The minimum absolute atomic E-state index is 0.0283. The molecule has 3 fully saturated rings. The first-order valence-electron chi connectivity index (χ1n) is 11.5. The maximum Gasteiger partial charge on any atom is 0.433 e. The molecule has 0 aromatic carbocycles. The minimum atomic E-state index is -4.56. The Morgan fingerprint density at radius 2 is 2.00 bits per heavy atom. The third-order valence-electron chi connectivity index (χ3n) is 8.19. The second-order valence-corrected chi connectivity index (χ2v) is 9.79. The van der Waals surface area contributed by atoms with Gasteiger partial charge in [0.05, 0.1) is 12.5 Å². The summed E-state index contributed by atoms with van der Waals surface area (Å²) in [6, 6.07) is 1.77. The van der Waals surface area contributed by atoms with Gasteiger partial charge in [-0.15, -0.1) is 0 Å². The second-order valence-electron chi connectivity index (χ2n) is 9.79. The van der Waals surface area contributed by atoms with Crippen LogP contribution in [0.15, 0.2) is 6.07 Å². The molecular weight excluding hydrogens is 423 g/mol. The number of hydrogen-bond donors (Lipinski definition) is 1. The number of nitrogens with zero attached hydrogens (tertiary/aromatic N) is 2. The van der Waals surface area contributed by atoms with Crippen LogP contribution in [0.1, 0.15) is 55.8 Å². The molecule has 1 aromatic heterocycles. The first-order chi connectivity index (χ1) is 15.2. The van der Waals surface area contributed by atoms with E-state index in [1.54, 1.807) is 0 Å².